The molecule has 6 nitrogen and oxygen atoms in total. The quantitative estimate of drug-likeness (QED) is 0.760. The molecule has 0 atom stereocenters. The first kappa shape index (κ1) is 19.3. The summed E-state index contributed by atoms with van der Waals surface area (Å²) in [5.41, 5.74) is 1.77. The Labute approximate surface area is 166 Å². The van der Waals surface area contributed by atoms with Crippen LogP contribution in [0.1, 0.15) is 11.1 Å². The molecule has 2 aromatic rings. The summed E-state index contributed by atoms with van der Waals surface area (Å²) in [5, 5.41) is 3.22. The predicted octanol–water partition coefficient (Wildman–Crippen LogP) is 3.80. The number of benzene rings is 2. The molecule has 1 aliphatic rings. The molecule has 1 N–H and O–H groups in total. The van der Waals surface area contributed by atoms with E-state index in [0.29, 0.717) is 46.0 Å². The minimum atomic E-state index is -0.539. The maximum absolute atomic E-state index is 12.0. The van der Waals surface area contributed by atoms with E-state index in [1.807, 2.05) is 0 Å². The molecule has 0 aliphatic carbocycles. The molecule has 0 fully saturated rings. The van der Waals surface area contributed by atoms with Crippen molar-refractivity contribution in [2.75, 3.05) is 25.1 Å². The number of carbonyl (C=O) groups is 2. The van der Waals surface area contributed by atoms with Crippen LogP contribution >= 0.6 is 23.2 Å². The van der Waals surface area contributed by atoms with E-state index in [-0.39, 0.29) is 6.42 Å². The second kappa shape index (κ2) is 8.50. The molecule has 1 amide bonds. The van der Waals surface area contributed by atoms with E-state index in [4.69, 9.17) is 37.4 Å². The van der Waals surface area contributed by atoms with Crippen LogP contribution in [-0.4, -0.2) is 31.7 Å². The molecule has 1 aliphatic heterocycles. The van der Waals surface area contributed by atoms with Crippen LogP contribution in [0, 0.1) is 6.92 Å². The standard InChI is InChI=1S/C19H17Cl2NO5/c1-11-2-4-13(20)19(18(11)21)22-16(23)10-27-17(24)9-12-3-5-14-15(8-12)26-7-6-25-14/h2-5,8H,6-7,9-10H2,1H3,(H,22,23). The Morgan fingerprint density at radius 2 is 1.85 bits per heavy atom. The fourth-order valence-electron chi connectivity index (χ4n) is 2.51. The summed E-state index contributed by atoms with van der Waals surface area (Å²) in [5.74, 6) is 0.167. The monoisotopic (exact) mass is 409 g/mol. The van der Waals surface area contributed by atoms with Crippen LogP contribution in [0.5, 0.6) is 11.5 Å². The lowest BCUT2D eigenvalue weighted by Gasteiger charge is -2.18. The minimum absolute atomic E-state index is 0.00980. The maximum atomic E-state index is 12.0. The van der Waals surface area contributed by atoms with Crippen LogP contribution in [0.25, 0.3) is 0 Å². The van der Waals surface area contributed by atoms with Crippen molar-refractivity contribution in [2.24, 2.45) is 0 Å². The topological polar surface area (TPSA) is 73.9 Å². The van der Waals surface area contributed by atoms with Crippen LogP contribution in [0.4, 0.5) is 5.69 Å². The molecule has 8 heteroatoms. The van der Waals surface area contributed by atoms with Crippen LogP contribution in [0.3, 0.4) is 0 Å². The van der Waals surface area contributed by atoms with Gasteiger partial charge < -0.3 is 19.5 Å². The van der Waals surface area contributed by atoms with Crippen molar-refractivity contribution >= 4 is 40.8 Å². The van der Waals surface area contributed by atoms with Gasteiger partial charge in [-0.3, -0.25) is 9.59 Å². The van der Waals surface area contributed by atoms with E-state index < -0.39 is 18.5 Å². The summed E-state index contributed by atoms with van der Waals surface area (Å²) in [6, 6.07) is 8.59. The largest absolute Gasteiger partial charge is 0.486 e. The number of rotatable bonds is 5. The van der Waals surface area contributed by atoms with Crippen molar-refractivity contribution in [1.29, 1.82) is 0 Å². The normalized spacial score (nSPS) is 12.4. The number of aryl methyl sites for hydroxylation is 1. The third kappa shape index (κ3) is 4.84. The Morgan fingerprint density at radius 3 is 2.63 bits per heavy atom. The number of esters is 1. The molecule has 0 unspecified atom stereocenters. The van der Waals surface area contributed by atoms with Crippen LogP contribution in [0.2, 0.25) is 10.0 Å². The third-order valence-electron chi connectivity index (χ3n) is 3.87. The number of amides is 1. The van der Waals surface area contributed by atoms with Crippen molar-refractivity contribution in [3.63, 3.8) is 0 Å². The van der Waals surface area contributed by atoms with Gasteiger partial charge >= 0.3 is 5.97 Å². The molecule has 0 spiro atoms. The molecule has 0 bridgehead atoms. The van der Waals surface area contributed by atoms with Crippen molar-refractivity contribution in [2.45, 2.75) is 13.3 Å². The summed E-state index contributed by atoms with van der Waals surface area (Å²) in [7, 11) is 0. The van der Waals surface area contributed by atoms with E-state index in [0.717, 1.165) is 5.56 Å². The van der Waals surface area contributed by atoms with Crippen molar-refractivity contribution in [1.82, 2.24) is 0 Å². The zero-order valence-electron chi connectivity index (χ0n) is 14.5. The summed E-state index contributed by atoms with van der Waals surface area (Å²) >= 11 is 12.2. The summed E-state index contributed by atoms with van der Waals surface area (Å²) in [4.78, 5) is 24.0. The third-order valence-corrected chi connectivity index (χ3v) is 4.67. The Balaban J connectivity index is 1.53. The fraction of sp³-hybridized carbons (Fsp3) is 0.263. The molecule has 0 saturated heterocycles. The number of carbonyl (C=O) groups excluding carboxylic acids is 2. The first-order valence-electron chi connectivity index (χ1n) is 8.22. The van der Waals surface area contributed by atoms with Crippen molar-refractivity contribution < 1.29 is 23.8 Å². The smallest absolute Gasteiger partial charge is 0.310 e. The van der Waals surface area contributed by atoms with Gasteiger partial charge in [0, 0.05) is 0 Å². The zero-order chi connectivity index (χ0) is 19.4. The number of fused-ring (bicyclic) bond motifs is 1. The highest BCUT2D eigenvalue weighted by atomic mass is 35.5. The molecule has 0 saturated carbocycles. The van der Waals surface area contributed by atoms with Gasteiger partial charge in [0.2, 0.25) is 0 Å². The highest BCUT2D eigenvalue weighted by molar-refractivity contribution is 6.40. The average molecular weight is 410 g/mol. The lowest BCUT2D eigenvalue weighted by molar-refractivity contribution is -0.146. The summed E-state index contributed by atoms with van der Waals surface area (Å²) < 4.78 is 15.9. The first-order chi connectivity index (χ1) is 12.9. The Hall–Kier alpha value is -2.44. The Kier molecular flexibility index (Phi) is 6.08. The second-order valence-corrected chi connectivity index (χ2v) is 6.70. The lowest BCUT2D eigenvalue weighted by Crippen LogP contribution is -2.22. The van der Waals surface area contributed by atoms with E-state index >= 15 is 0 Å². The number of halogens is 2. The molecular formula is C19H17Cl2NO5. The minimum Gasteiger partial charge on any atom is -0.486 e. The highest BCUT2D eigenvalue weighted by Gasteiger charge is 2.16. The number of hydrogen-bond donors (Lipinski definition) is 1. The van der Waals surface area contributed by atoms with Gasteiger partial charge in [0.1, 0.15) is 13.2 Å². The molecule has 0 radical (unpaired) electrons. The van der Waals surface area contributed by atoms with Crippen molar-refractivity contribution in [3.05, 3.63) is 51.5 Å². The van der Waals surface area contributed by atoms with E-state index in [2.05, 4.69) is 5.32 Å². The molecule has 27 heavy (non-hydrogen) atoms. The lowest BCUT2D eigenvalue weighted by atomic mass is 10.1. The van der Waals surface area contributed by atoms with Crippen LogP contribution in [0.15, 0.2) is 30.3 Å². The van der Waals surface area contributed by atoms with Crippen LogP contribution < -0.4 is 14.8 Å². The maximum Gasteiger partial charge on any atom is 0.310 e. The van der Waals surface area contributed by atoms with Gasteiger partial charge in [-0.2, -0.15) is 0 Å². The average Bonchev–Trinajstić information content (AvgIpc) is 2.66. The molecule has 1 heterocycles. The van der Waals surface area contributed by atoms with Crippen LogP contribution in [-0.2, 0) is 20.7 Å². The molecule has 0 aromatic heterocycles. The van der Waals surface area contributed by atoms with E-state index in [9.17, 15) is 9.59 Å². The number of nitrogens with one attached hydrogen (secondary N) is 1. The van der Waals surface area contributed by atoms with Gasteiger partial charge in [-0.05, 0) is 36.2 Å². The fourth-order valence-corrected chi connectivity index (χ4v) is 2.97. The van der Waals surface area contributed by atoms with E-state index in [1.165, 1.54) is 0 Å². The number of hydrogen-bond acceptors (Lipinski definition) is 5. The van der Waals surface area contributed by atoms with Gasteiger partial charge in [0.25, 0.3) is 5.91 Å². The second-order valence-electron chi connectivity index (χ2n) is 5.92. The molecule has 2 aromatic carbocycles. The first-order valence-corrected chi connectivity index (χ1v) is 8.98. The zero-order valence-corrected chi connectivity index (χ0v) is 16.0. The molecule has 3 rings (SSSR count). The number of anilines is 1. The van der Waals surface area contributed by atoms with Gasteiger partial charge in [-0.15, -0.1) is 0 Å². The Bertz CT molecular complexity index is 885. The van der Waals surface area contributed by atoms with Gasteiger partial charge in [-0.1, -0.05) is 35.3 Å². The Morgan fingerprint density at radius 1 is 1.11 bits per heavy atom. The number of ether oxygens (including phenoxy) is 3. The van der Waals surface area contributed by atoms with Gasteiger partial charge in [0.15, 0.2) is 18.1 Å². The predicted molar refractivity (Wildman–Crippen MR) is 102 cm³/mol. The molecule has 142 valence electrons. The summed E-state index contributed by atoms with van der Waals surface area (Å²) in [6.45, 7) is 2.31. The highest BCUT2D eigenvalue weighted by Crippen LogP contribution is 2.33. The van der Waals surface area contributed by atoms with Gasteiger partial charge in [-0.25, -0.2) is 0 Å². The SMILES string of the molecule is Cc1ccc(Cl)c(NC(=O)COC(=O)Cc2ccc3c(c2)OCCO3)c1Cl. The van der Waals surface area contributed by atoms with E-state index in [1.54, 1.807) is 37.3 Å². The van der Waals surface area contributed by atoms with Gasteiger partial charge in [0.05, 0.1) is 22.2 Å². The van der Waals surface area contributed by atoms with Crippen molar-refractivity contribution in [3.8, 4) is 11.5 Å². The summed E-state index contributed by atoms with van der Waals surface area (Å²) in [6.07, 6.45) is 0.00980. The molecular weight excluding hydrogens is 393 g/mol.